The summed E-state index contributed by atoms with van der Waals surface area (Å²) in [6, 6.07) is 6.73. The highest BCUT2D eigenvalue weighted by Crippen LogP contribution is 2.05. The third kappa shape index (κ3) is 5.01. The molecule has 1 rings (SSSR count). The quantitative estimate of drug-likeness (QED) is 0.720. The fourth-order valence-electron chi connectivity index (χ4n) is 1.74. The lowest BCUT2D eigenvalue weighted by Gasteiger charge is -2.16. The lowest BCUT2D eigenvalue weighted by molar-refractivity contribution is -0.123. The molecule has 0 fully saturated rings. The Morgan fingerprint density at radius 3 is 2.20 bits per heavy atom. The summed E-state index contributed by atoms with van der Waals surface area (Å²) in [7, 11) is 0. The third-order valence-corrected chi connectivity index (χ3v) is 2.82. The van der Waals surface area contributed by atoms with E-state index in [-0.39, 0.29) is 17.9 Å². The van der Waals surface area contributed by atoms with Gasteiger partial charge in [0.25, 0.3) is 5.91 Å². The summed E-state index contributed by atoms with van der Waals surface area (Å²) in [5, 5.41) is 5.43. The molecule has 0 spiro atoms. The number of nitrogens with two attached hydrogens (primary N) is 1. The zero-order chi connectivity index (χ0) is 15.1. The second-order valence-corrected chi connectivity index (χ2v) is 5.09. The van der Waals surface area contributed by atoms with Gasteiger partial charge in [-0.25, -0.2) is 0 Å². The first-order valence-corrected chi connectivity index (χ1v) is 6.84. The van der Waals surface area contributed by atoms with Crippen molar-refractivity contribution < 1.29 is 9.59 Å². The molecule has 0 heterocycles. The smallest absolute Gasteiger partial charge is 0.251 e. The topological polar surface area (TPSA) is 84.2 Å². The molecule has 5 nitrogen and oxygen atoms in total. The lowest BCUT2D eigenvalue weighted by Crippen LogP contribution is -2.46. The van der Waals surface area contributed by atoms with Crippen molar-refractivity contribution in [2.24, 2.45) is 5.73 Å². The zero-order valence-electron chi connectivity index (χ0n) is 12.3. The highest BCUT2D eigenvalue weighted by Gasteiger charge is 2.16. The molecule has 1 aromatic carbocycles. The maximum absolute atomic E-state index is 12.0. The molecular weight excluding hydrogens is 254 g/mol. The van der Waals surface area contributed by atoms with Crippen molar-refractivity contribution in [1.29, 1.82) is 0 Å². The van der Waals surface area contributed by atoms with E-state index in [1.54, 1.807) is 19.1 Å². The molecule has 20 heavy (non-hydrogen) atoms. The van der Waals surface area contributed by atoms with Gasteiger partial charge in [-0.3, -0.25) is 9.59 Å². The first-order valence-electron chi connectivity index (χ1n) is 6.84. The molecule has 1 unspecified atom stereocenters. The molecule has 0 bridgehead atoms. The summed E-state index contributed by atoms with van der Waals surface area (Å²) in [5.74, 6) is -0.441. The van der Waals surface area contributed by atoms with Gasteiger partial charge in [0.2, 0.25) is 5.91 Å². The summed E-state index contributed by atoms with van der Waals surface area (Å²) in [5.41, 5.74) is 7.10. The monoisotopic (exact) mass is 277 g/mol. The van der Waals surface area contributed by atoms with Crippen LogP contribution in [0.4, 0.5) is 0 Å². The van der Waals surface area contributed by atoms with Gasteiger partial charge in [-0.2, -0.15) is 0 Å². The van der Waals surface area contributed by atoms with E-state index >= 15 is 0 Å². The largest absolute Gasteiger partial charge is 0.352 e. The van der Waals surface area contributed by atoms with Crippen LogP contribution in [0.25, 0.3) is 0 Å². The number of hydrogen-bond donors (Lipinski definition) is 3. The van der Waals surface area contributed by atoms with E-state index in [0.29, 0.717) is 12.1 Å². The van der Waals surface area contributed by atoms with Crippen LogP contribution in [0.15, 0.2) is 24.3 Å². The molecule has 1 atom stereocenters. The van der Waals surface area contributed by atoms with E-state index in [1.165, 1.54) is 0 Å². The first-order chi connectivity index (χ1) is 9.43. The minimum Gasteiger partial charge on any atom is -0.352 e. The van der Waals surface area contributed by atoms with Gasteiger partial charge in [0.1, 0.15) is 6.04 Å². The van der Waals surface area contributed by atoms with E-state index < -0.39 is 6.04 Å². The summed E-state index contributed by atoms with van der Waals surface area (Å²) in [6.07, 6.45) is 0.787. The van der Waals surface area contributed by atoms with Gasteiger partial charge in [0, 0.05) is 11.6 Å². The minimum absolute atomic E-state index is 0.0531. The molecule has 110 valence electrons. The van der Waals surface area contributed by atoms with Crippen molar-refractivity contribution in [3.05, 3.63) is 35.4 Å². The summed E-state index contributed by atoms with van der Waals surface area (Å²) in [4.78, 5) is 23.7. The summed E-state index contributed by atoms with van der Waals surface area (Å²) >= 11 is 0. The Bertz CT molecular complexity index is 455. The highest BCUT2D eigenvalue weighted by atomic mass is 16.2. The second-order valence-electron chi connectivity index (χ2n) is 5.09. The van der Waals surface area contributed by atoms with Crippen LogP contribution >= 0.6 is 0 Å². The van der Waals surface area contributed by atoms with Crippen LogP contribution in [-0.4, -0.2) is 30.4 Å². The lowest BCUT2D eigenvalue weighted by atomic mass is 10.1. The average Bonchev–Trinajstić information content (AvgIpc) is 2.39. The van der Waals surface area contributed by atoms with Gasteiger partial charge < -0.3 is 16.4 Å². The van der Waals surface area contributed by atoms with Crippen molar-refractivity contribution in [2.75, 3.05) is 6.54 Å². The number of hydrogen-bond acceptors (Lipinski definition) is 3. The molecule has 0 saturated heterocycles. The van der Waals surface area contributed by atoms with Crippen molar-refractivity contribution in [3.8, 4) is 0 Å². The van der Waals surface area contributed by atoms with Crippen LogP contribution in [0.3, 0.4) is 0 Å². The molecule has 0 aliphatic heterocycles. The summed E-state index contributed by atoms with van der Waals surface area (Å²) in [6.45, 7) is 6.00. The van der Waals surface area contributed by atoms with Crippen LogP contribution < -0.4 is 16.4 Å². The fourth-order valence-corrected chi connectivity index (χ4v) is 1.74. The number of nitrogens with one attached hydrogen (secondary N) is 2. The predicted octanol–water partition coefficient (Wildman–Crippen LogP) is 0.831. The van der Waals surface area contributed by atoms with E-state index in [9.17, 15) is 9.59 Å². The molecule has 5 heteroatoms. The Kier molecular flexibility index (Phi) is 6.18. The van der Waals surface area contributed by atoms with Crippen molar-refractivity contribution in [3.63, 3.8) is 0 Å². The van der Waals surface area contributed by atoms with Crippen molar-refractivity contribution in [2.45, 2.75) is 39.3 Å². The Labute approximate surface area is 119 Å². The van der Waals surface area contributed by atoms with Gasteiger partial charge in [-0.15, -0.1) is 0 Å². The molecule has 1 aromatic rings. The molecule has 0 aromatic heterocycles. The molecule has 0 saturated carbocycles. The Balaban J connectivity index is 2.59. The first kappa shape index (κ1) is 16.2. The Morgan fingerprint density at radius 1 is 1.10 bits per heavy atom. The maximum Gasteiger partial charge on any atom is 0.251 e. The van der Waals surface area contributed by atoms with Crippen molar-refractivity contribution >= 4 is 11.8 Å². The van der Waals surface area contributed by atoms with Crippen molar-refractivity contribution in [1.82, 2.24) is 10.6 Å². The Morgan fingerprint density at radius 2 is 1.70 bits per heavy atom. The van der Waals surface area contributed by atoms with E-state index in [0.717, 1.165) is 12.0 Å². The molecule has 0 aliphatic rings. The molecular formula is C15H23N3O2. The summed E-state index contributed by atoms with van der Waals surface area (Å²) < 4.78 is 0. The number of benzene rings is 1. The molecule has 0 aliphatic carbocycles. The van der Waals surface area contributed by atoms with E-state index in [4.69, 9.17) is 5.73 Å². The van der Waals surface area contributed by atoms with Crippen LogP contribution in [0.1, 0.15) is 36.7 Å². The third-order valence-electron chi connectivity index (χ3n) is 2.82. The van der Waals surface area contributed by atoms with E-state index in [2.05, 4.69) is 10.6 Å². The Hall–Kier alpha value is -1.88. The van der Waals surface area contributed by atoms with Gasteiger partial charge in [0.05, 0.1) is 0 Å². The normalized spacial score (nSPS) is 12.1. The van der Waals surface area contributed by atoms with Gasteiger partial charge >= 0.3 is 0 Å². The second kappa shape index (κ2) is 7.65. The number of carbonyl (C=O) groups excluding carboxylic acids is 2. The van der Waals surface area contributed by atoms with Crippen LogP contribution in [-0.2, 0) is 11.2 Å². The molecule has 2 amide bonds. The molecule has 4 N–H and O–H groups in total. The number of rotatable bonds is 6. The number of amides is 2. The standard InChI is InChI=1S/C15H23N3O2/c1-10(2)17-14(19)11(3)18-15(20)13-6-4-12(5-7-13)8-9-16/h4-7,10-11H,8-9,16H2,1-3H3,(H,17,19)(H,18,20). The van der Waals surface area contributed by atoms with Gasteiger partial charge in [0.15, 0.2) is 0 Å². The average molecular weight is 277 g/mol. The highest BCUT2D eigenvalue weighted by molar-refractivity contribution is 5.97. The van der Waals surface area contributed by atoms with Gasteiger partial charge in [-0.1, -0.05) is 12.1 Å². The fraction of sp³-hybridized carbons (Fsp3) is 0.467. The predicted molar refractivity (Wildman–Crippen MR) is 79.4 cm³/mol. The maximum atomic E-state index is 12.0. The number of carbonyl (C=O) groups is 2. The van der Waals surface area contributed by atoms with Gasteiger partial charge in [-0.05, 0) is 51.4 Å². The van der Waals surface area contributed by atoms with E-state index in [1.807, 2.05) is 26.0 Å². The van der Waals surface area contributed by atoms with Crippen LogP contribution in [0, 0.1) is 0 Å². The SMILES string of the molecule is CC(C)NC(=O)C(C)NC(=O)c1ccc(CCN)cc1. The molecule has 0 radical (unpaired) electrons. The van der Waals surface area contributed by atoms with Crippen LogP contribution in [0.2, 0.25) is 0 Å². The minimum atomic E-state index is -0.561. The zero-order valence-corrected chi connectivity index (χ0v) is 12.3. The van der Waals surface area contributed by atoms with Crippen LogP contribution in [0.5, 0.6) is 0 Å².